The summed E-state index contributed by atoms with van der Waals surface area (Å²) in [5, 5.41) is 7.90. The summed E-state index contributed by atoms with van der Waals surface area (Å²) in [6.07, 6.45) is 1.47. The summed E-state index contributed by atoms with van der Waals surface area (Å²) in [5.74, 6) is 0.0995. The summed E-state index contributed by atoms with van der Waals surface area (Å²) in [5.41, 5.74) is -0.216. The normalized spacial score (nSPS) is 13.9. The second-order valence-corrected chi connectivity index (χ2v) is 5.79. The first-order valence-corrected chi connectivity index (χ1v) is 8.50. The number of aromatic nitrogens is 2. The second kappa shape index (κ2) is 9.08. The van der Waals surface area contributed by atoms with Crippen LogP contribution < -0.4 is 20.9 Å². The number of anilines is 3. The van der Waals surface area contributed by atoms with Crippen molar-refractivity contribution in [1.29, 1.82) is 0 Å². The minimum Gasteiger partial charge on any atom is -0.378 e. The van der Waals surface area contributed by atoms with Crippen molar-refractivity contribution in [3.8, 4) is 0 Å². The highest BCUT2D eigenvalue weighted by Gasteiger charge is 2.13. The highest BCUT2D eigenvalue weighted by molar-refractivity contribution is 5.89. The lowest BCUT2D eigenvalue weighted by Gasteiger charge is -2.27. The van der Waals surface area contributed by atoms with Crippen LogP contribution in [0.15, 0.2) is 30.6 Å². The van der Waals surface area contributed by atoms with Gasteiger partial charge in [-0.15, -0.1) is 0 Å². The van der Waals surface area contributed by atoms with Crippen LogP contribution in [0.1, 0.15) is 0 Å². The van der Waals surface area contributed by atoms with E-state index in [1.54, 1.807) is 0 Å². The molecule has 2 heterocycles. The molecule has 27 heavy (non-hydrogen) atoms. The Hall–Kier alpha value is -3.01. The van der Waals surface area contributed by atoms with Gasteiger partial charge in [0.05, 0.1) is 18.9 Å². The average Bonchev–Trinajstić information content (AvgIpc) is 2.69. The molecule has 3 rings (SSSR count). The highest BCUT2D eigenvalue weighted by Crippen LogP contribution is 2.16. The molecule has 0 atom stereocenters. The molecule has 0 spiro atoms. The van der Waals surface area contributed by atoms with Crippen molar-refractivity contribution in [1.82, 2.24) is 15.3 Å². The van der Waals surface area contributed by atoms with Crippen LogP contribution >= 0.6 is 0 Å². The molecular formula is C17H20F2N6O2. The Morgan fingerprint density at radius 2 is 1.96 bits per heavy atom. The zero-order chi connectivity index (χ0) is 19.1. The molecule has 0 radical (unpaired) electrons. The van der Waals surface area contributed by atoms with Crippen molar-refractivity contribution >= 4 is 23.4 Å². The molecule has 1 aromatic carbocycles. The van der Waals surface area contributed by atoms with Gasteiger partial charge in [0.15, 0.2) is 0 Å². The third-order valence-electron chi connectivity index (χ3n) is 3.88. The van der Waals surface area contributed by atoms with E-state index in [9.17, 15) is 13.6 Å². The summed E-state index contributed by atoms with van der Waals surface area (Å²) >= 11 is 0. The summed E-state index contributed by atoms with van der Waals surface area (Å²) in [6.45, 7) is 3.54. The molecule has 0 unspecified atom stereocenters. The number of carbonyl (C=O) groups is 1. The molecule has 8 nitrogen and oxygen atoms in total. The maximum atomic E-state index is 13.5. The highest BCUT2D eigenvalue weighted by atomic mass is 19.1. The van der Waals surface area contributed by atoms with E-state index in [1.165, 1.54) is 6.33 Å². The van der Waals surface area contributed by atoms with Gasteiger partial charge in [0.2, 0.25) is 0 Å². The van der Waals surface area contributed by atoms with E-state index in [0.29, 0.717) is 25.6 Å². The Balaban J connectivity index is 1.43. The predicted molar refractivity (Wildman–Crippen MR) is 96.9 cm³/mol. The maximum absolute atomic E-state index is 13.5. The lowest BCUT2D eigenvalue weighted by molar-refractivity contribution is 0.122. The van der Waals surface area contributed by atoms with Gasteiger partial charge in [0.25, 0.3) is 0 Å². The number of benzene rings is 1. The Bertz CT molecular complexity index is 786. The number of nitrogens with one attached hydrogen (secondary N) is 3. The number of nitrogens with zero attached hydrogens (tertiary/aromatic N) is 3. The Labute approximate surface area is 154 Å². The Morgan fingerprint density at radius 3 is 2.78 bits per heavy atom. The number of amides is 2. The topological polar surface area (TPSA) is 91.4 Å². The SMILES string of the molecule is O=C(NCCNc1cc(N2CCOCC2)ncn1)Nc1cc(F)ccc1F. The molecule has 2 amide bonds. The van der Waals surface area contributed by atoms with E-state index >= 15 is 0 Å². The van der Waals surface area contributed by atoms with Crippen molar-refractivity contribution in [2.45, 2.75) is 0 Å². The van der Waals surface area contributed by atoms with Crippen molar-refractivity contribution in [2.75, 3.05) is 54.9 Å². The van der Waals surface area contributed by atoms with E-state index in [4.69, 9.17) is 4.74 Å². The fourth-order valence-corrected chi connectivity index (χ4v) is 2.54. The molecule has 1 saturated heterocycles. The second-order valence-electron chi connectivity index (χ2n) is 5.79. The number of morpholine rings is 1. The molecule has 1 aliphatic heterocycles. The van der Waals surface area contributed by atoms with Gasteiger partial charge in [-0.3, -0.25) is 0 Å². The van der Waals surface area contributed by atoms with Crippen LogP contribution in [0.25, 0.3) is 0 Å². The lowest BCUT2D eigenvalue weighted by Crippen LogP contribution is -2.36. The fourth-order valence-electron chi connectivity index (χ4n) is 2.54. The molecule has 2 aromatic rings. The van der Waals surface area contributed by atoms with Crippen molar-refractivity contribution in [3.05, 3.63) is 42.2 Å². The summed E-state index contributed by atoms with van der Waals surface area (Å²) in [6, 6.07) is 4.05. The van der Waals surface area contributed by atoms with E-state index < -0.39 is 17.7 Å². The van der Waals surface area contributed by atoms with Gasteiger partial charge < -0.3 is 25.6 Å². The van der Waals surface area contributed by atoms with Crippen LogP contribution in [-0.2, 0) is 4.74 Å². The van der Waals surface area contributed by atoms with Crippen molar-refractivity contribution < 1.29 is 18.3 Å². The standard InChI is InChI=1S/C17H20F2N6O2/c18-12-1-2-13(19)14(9-12)24-17(26)21-4-3-20-15-10-16(23-11-22-15)25-5-7-27-8-6-25/h1-2,9-11H,3-8H2,(H,20,22,23)(H2,21,24,26). The first kappa shape index (κ1) is 18.8. The quantitative estimate of drug-likeness (QED) is 0.665. The van der Waals surface area contributed by atoms with Gasteiger partial charge in [0, 0.05) is 38.3 Å². The van der Waals surface area contributed by atoms with Gasteiger partial charge in [0.1, 0.15) is 29.6 Å². The first-order chi connectivity index (χ1) is 13.1. The van der Waals surface area contributed by atoms with Crippen LogP contribution in [0.3, 0.4) is 0 Å². The summed E-state index contributed by atoms with van der Waals surface area (Å²) in [4.78, 5) is 22.3. The molecule has 0 aliphatic carbocycles. The predicted octanol–water partition coefficient (Wildman–Crippen LogP) is 1.82. The Kier molecular flexibility index (Phi) is 6.31. The smallest absolute Gasteiger partial charge is 0.319 e. The minimum absolute atomic E-state index is 0.216. The van der Waals surface area contributed by atoms with E-state index in [-0.39, 0.29) is 12.2 Å². The average molecular weight is 378 g/mol. The summed E-state index contributed by atoms with van der Waals surface area (Å²) in [7, 11) is 0. The van der Waals surface area contributed by atoms with Crippen LogP contribution in [0.5, 0.6) is 0 Å². The largest absolute Gasteiger partial charge is 0.378 e. The van der Waals surface area contributed by atoms with Crippen molar-refractivity contribution in [3.63, 3.8) is 0 Å². The number of hydrogen-bond acceptors (Lipinski definition) is 6. The van der Waals surface area contributed by atoms with Crippen molar-refractivity contribution in [2.24, 2.45) is 0 Å². The third kappa shape index (κ3) is 5.48. The molecule has 1 fully saturated rings. The molecular weight excluding hydrogens is 358 g/mol. The lowest BCUT2D eigenvalue weighted by atomic mass is 10.3. The third-order valence-corrected chi connectivity index (χ3v) is 3.88. The van der Waals surface area contributed by atoms with Gasteiger partial charge in [-0.1, -0.05) is 0 Å². The monoisotopic (exact) mass is 378 g/mol. The van der Waals surface area contributed by atoms with Crippen LogP contribution in [0.4, 0.5) is 30.9 Å². The molecule has 144 valence electrons. The Morgan fingerprint density at radius 1 is 1.15 bits per heavy atom. The minimum atomic E-state index is -0.707. The number of urea groups is 1. The van der Waals surface area contributed by atoms with Crippen LogP contribution in [0, 0.1) is 11.6 Å². The fraction of sp³-hybridized carbons (Fsp3) is 0.353. The summed E-state index contributed by atoms with van der Waals surface area (Å²) < 4.78 is 31.9. The van der Waals surface area contributed by atoms with Crippen LogP contribution in [0.2, 0.25) is 0 Å². The number of rotatable bonds is 6. The maximum Gasteiger partial charge on any atom is 0.319 e. The van der Waals surface area contributed by atoms with Gasteiger partial charge in [-0.2, -0.15) is 0 Å². The number of halogens is 2. The van der Waals surface area contributed by atoms with Gasteiger partial charge in [-0.05, 0) is 12.1 Å². The number of ether oxygens (including phenoxy) is 1. The molecule has 1 aliphatic rings. The number of carbonyl (C=O) groups excluding carboxylic acids is 1. The number of hydrogen-bond donors (Lipinski definition) is 3. The molecule has 3 N–H and O–H groups in total. The molecule has 0 saturated carbocycles. The zero-order valence-electron chi connectivity index (χ0n) is 14.5. The van der Waals surface area contributed by atoms with Crippen LogP contribution in [-0.4, -0.2) is 55.4 Å². The van der Waals surface area contributed by atoms with E-state index in [0.717, 1.165) is 37.1 Å². The molecule has 0 bridgehead atoms. The first-order valence-electron chi connectivity index (χ1n) is 8.50. The van der Waals surface area contributed by atoms with E-state index in [1.807, 2.05) is 6.07 Å². The molecule has 1 aromatic heterocycles. The van der Waals surface area contributed by atoms with Gasteiger partial charge in [-0.25, -0.2) is 23.5 Å². The zero-order valence-corrected chi connectivity index (χ0v) is 14.5. The van der Waals surface area contributed by atoms with Gasteiger partial charge >= 0.3 is 6.03 Å². The molecule has 10 heteroatoms. The van der Waals surface area contributed by atoms with E-state index in [2.05, 4.69) is 30.8 Å².